The van der Waals surface area contributed by atoms with E-state index in [9.17, 15) is 0 Å². The summed E-state index contributed by atoms with van der Waals surface area (Å²) in [5, 5.41) is 4.66. The predicted octanol–water partition coefficient (Wildman–Crippen LogP) is 14.6. The zero-order valence-electron chi connectivity index (χ0n) is 32.0. The molecule has 11 aromatic rings. The summed E-state index contributed by atoms with van der Waals surface area (Å²) in [5.41, 5.74) is 13.4. The van der Waals surface area contributed by atoms with Crippen molar-refractivity contribution in [3.05, 3.63) is 212 Å². The molecule has 0 saturated heterocycles. The second kappa shape index (κ2) is 14.5. The molecule has 59 heavy (non-hydrogen) atoms. The maximum absolute atomic E-state index is 6.49. The fourth-order valence-electron chi connectivity index (χ4n) is 8.11. The Kier molecular flexibility index (Phi) is 8.45. The smallest absolute Gasteiger partial charge is 0.164 e. The zero-order valence-corrected chi connectivity index (χ0v) is 32.0. The zero-order chi connectivity index (χ0) is 39.1. The standard InChI is InChI=1S/C55H35N3O/c1-3-12-36(13-4-1)42-18-9-20-46(33-42)54-56-53(40-27-24-38(25-28-40)44-29-26-37-14-7-8-17-41(37)32-44)57-55(58-54)47-21-10-19-43(34-47)45-30-31-49-51(35-45)59-50-23-11-22-48(52(49)50)39-15-5-2-6-16-39/h1-35H. The number of hydrogen-bond donors (Lipinski definition) is 0. The average molecular weight is 754 g/mol. The normalized spacial score (nSPS) is 11.4. The molecule has 0 aliphatic heterocycles. The number of aromatic nitrogens is 3. The van der Waals surface area contributed by atoms with Crippen molar-refractivity contribution in [2.75, 3.05) is 0 Å². The molecule has 4 heteroatoms. The van der Waals surface area contributed by atoms with Gasteiger partial charge in [-0.3, -0.25) is 0 Å². The molecule has 4 nitrogen and oxygen atoms in total. The Labute approximate surface area is 341 Å². The average Bonchev–Trinajstić information content (AvgIpc) is 3.70. The highest BCUT2D eigenvalue weighted by Crippen LogP contribution is 2.39. The second-order valence-electron chi connectivity index (χ2n) is 14.8. The quantitative estimate of drug-likeness (QED) is 0.163. The van der Waals surface area contributed by atoms with Crippen LogP contribution in [0.4, 0.5) is 0 Å². The number of furan rings is 1. The third-order valence-corrected chi connectivity index (χ3v) is 11.1. The Hall–Kier alpha value is -7.95. The number of rotatable bonds is 7. The molecule has 0 unspecified atom stereocenters. The van der Waals surface area contributed by atoms with Crippen LogP contribution in [0.2, 0.25) is 0 Å². The van der Waals surface area contributed by atoms with Gasteiger partial charge in [0.25, 0.3) is 0 Å². The van der Waals surface area contributed by atoms with Gasteiger partial charge in [0.2, 0.25) is 0 Å². The van der Waals surface area contributed by atoms with Crippen LogP contribution in [-0.2, 0) is 0 Å². The van der Waals surface area contributed by atoms with E-state index < -0.39 is 0 Å². The van der Waals surface area contributed by atoms with Crippen LogP contribution in [0, 0.1) is 0 Å². The second-order valence-corrected chi connectivity index (χ2v) is 14.8. The Bertz CT molecular complexity index is 3320. The van der Waals surface area contributed by atoms with E-state index in [-0.39, 0.29) is 0 Å². The first-order valence-corrected chi connectivity index (χ1v) is 19.8. The highest BCUT2D eigenvalue weighted by molar-refractivity contribution is 6.13. The number of fused-ring (bicyclic) bond motifs is 4. The van der Waals surface area contributed by atoms with Crippen molar-refractivity contribution in [2.24, 2.45) is 0 Å². The maximum atomic E-state index is 6.49. The molecular weight excluding hydrogens is 719 g/mol. The minimum absolute atomic E-state index is 0.605. The molecule has 0 spiro atoms. The van der Waals surface area contributed by atoms with Crippen LogP contribution in [0.3, 0.4) is 0 Å². The molecule has 2 heterocycles. The minimum Gasteiger partial charge on any atom is -0.456 e. The van der Waals surface area contributed by atoms with Crippen molar-refractivity contribution in [2.45, 2.75) is 0 Å². The number of hydrogen-bond acceptors (Lipinski definition) is 4. The Morgan fingerprint density at radius 3 is 1.46 bits per heavy atom. The predicted molar refractivity (Wildman–Crippen MR) is 243 cm³/mol. The summed E-state index contributed by atoms with van der Waals surface area (Å²) in [6.45, 7) is 0. The number of nitrogens with zero attached hydrogens (tertiary/aromatic N) is 3. The molecular formula is C55H35N3O. The largest absolute Gasteiger partial charge is 0.456 e. The highest BCUT2D eigenvalue weighted by atomic mass is 16.3. The molecule has 0 N–H and O–H groups in total. The first-order valence-electron chi connectivity index (χ1n) is 19.8. The Morgan fingerprint density at radius 2 is 0.746 bits per heavy atom. The molecule has 0 saturated carbocycles. The van der Waals surface area contributed by atoms with Gasteiger partial charge < -0.3 is 4.42 Å². The van der Waals surface area contributed by atoms with Crippen molar-refractivity contribution in [3.8, 4) is 78.7 Å². The fourth-order valence-corrected chi connectivity index (χ4v) is 8.11. The van der Waals surface area contributed by atoms with Gasteiger partial charge in [0, 0.05) is 27.5 Å². The minimum atomic E-state index is 0.605. The van der Waals surface area contributed by atoms with Crippen LogP contribution in [-0.4, -0.2) is 15.0 Å². The van der Waals surface area contributed by atoms with Gasteiger partial charge in [-0.05, 0) is 91.7 Å². The number of benzene rings is 9. The molecule has 9 aromatic carbocycles. The maximum Gasteiger partial charge on any atom is 0.164 e. The molecule has 0 amide bonds. The van der Waals surface area contributed by atoms with E-state index >= 15 is 0 Å². The summed E-state index contributed by atoms with van der Waals surface area (Å²) in [4.78, 5) is 15.4. The van der Waals surface area contributed by atoms with Crippen LogP contribution in [0.1, 0.15) is 0 Å². The van der Waals surface area contributed by atoms with Crippen molar-refractivity contribution < 1.29 is 4.42 Å². The van der Waals surface area contributed by atoms with Gasteiger partial charge in [0.1, 0.15) is 11.2 Å². The first kappa shape index (κ1) is 34.3. The van der Waals surface area contributed by atoms with Gasteiger partial charge in [-0.2, -0.15) is 0 Å². The highest BCUT2D eigenvalue weighted by Gasteiger charge is 2.16. The molecule has 0 radical (unpaired) electrons. The summed E-state index contributed by atoms with van der Waals surface area (Å²) in [5.74, 6) is 1.83. The summed E-state index contributed by atoms with van der Waals surface area (Å²) in [6, 6.07) is 74.0. The van der Waals surface area contributed by atoms with E-state index in [0.29, 0.717) is 17.5 Å². The van der Waals surface area contributed by atoms with E-state index in [1.54, 1.807) is 0 Å². The molecule has 0 aliphatic rings. The lowest BCUT2D eigenvalue weighted by Crippen LogP contribution is -2.00. The van der Waals surface area contributed by atoms with Crippen molar-refractivity contribution >= 4 is 32.7 Å². The third-order valence-electron chi connectivity index (χ3n) is 11.1. The van der Waals surface area contributed by atoms with Gasteiger partial charge >= 0.3 is 0 Å². The lowest BCUT2D eigenvalue weighted by atomic mass is 9.97. The van der Waals surface area contributed by atoms with E-state index in [2.05, 4.69) is 194 Å². The van der Waals surface area contributed by atoms with Gasteiger partial charge in [-0.1, -0.05) is 176 Å². The van der Waals surface area contributed by atoms with E-state index in [1.165, 1.54) is 21.9 Å². The first-order chi connectivity index (χ1) is 29.2. The van der Waals surface area contributed by atoms with Gasteiger partial charge in [0.15, 0.2) is 17.5 Å². The molecule has 11 rings (SSSR count). The SMILES string of the molecule is c1ccc(-c2cccc(-c3nc(-c4ccc(-c5ccc6ccccc6c5)cc4)nc(-c4cccc(-c5ccc6c(c5)oc5cccc(-c7ccccc7)c56)c4)n3)c2)cc1. The van der Waals surface area contributed by atoms with E-state index in [1.807, 2.05) is 18.2 Å². The van der Waals surface area contributed by atoms with Crippen molar-refractivity contribution in [1.82, 2.24) is 15.0 Å². The van der Waals surface area contributed by atoms with Crippen molar-refractivity contribution in [1.29, 1.82) is 0 Å². The van der Waals surface area contributed by atoms with Crippen molar-refractivity contribution in [3.63, 3.8) is 0 Å². The summed E-state index contributed by atoms with van der Waals surface area (Å²) in [7, 11) is 0. The molecule has 0 bridgehead atoms. The van der Waals surface area contributed by atoms with E-state index in [0.717, 1.165) is 72.0 Å². The van der Waals surface area contributed by atoms with Gasteiger partial charge in [-0.25, -0.2) is 15.0 Å². The summed E-state index contributed by atoms with van der Waals surface area (Å²) in [6.07, 6.45) is 0. The monoisotopic (exact) mass is 753 g/mol. The topological polar surface area (TPSA) is 51.8 Å². The molecule has 2 aromatic heterocycles. The molecule has 0 fully saturated rings. The van der Waals surface area contributed by atoms with Crippen LogP contribution in [0.5, 0.6) is 0 Å². The van der Waals surface area contributed by atoms with Gasteiger partial charge in [0.05, 0.1) is 0 Å². The Balaban J connectivity index is 0.999. The van der Waals surface area contributed by atoms with Crippen LogP contribution < -0.4 is 0 Å². The lowest BCUT2D eigenvalue weighted by Gasteiger charge is -2.11. The lowest BCUT2D eigenvalue weighted by molar-refractivity contribution is 0.669. The van der Waals surface area contributed by atoms with Gasteiger partial charge in [-0.15, -0.1) is 0 Å². The Morgan fingerprint density at radius 1 is 0.271 bits per heavy atom. The molecule has 276 valence electrons. The molecule has 0 atom stereocenters. The summed E-state index contributed by atoms with van der Waals surface area (Å²) >= 11 is 0. The van der Waals surface area contributed by atoms with E-state index in [4.69, 9.17) is 19.4 Å². The molecule has 0 aliphatic carbocycles. The third kappa shape index (κ3) is 6.53. The summed E-state index contributed by atoms with van der Waals surface area (Å²) < 4.78 is 6.49. The fraction of sp³-hybridized carbons (Fsp3) is 0. The van der Waals surface area contributed by atoms with Crippen LogP contribution in [0.25, 0.3) is 111 Å². The van der Waals surface area contributed by atoms with Crippen LogP contribution >= 0.6 is 0 Å². The van der Waals surface area contributed by atoms with Crippen LogP contribution in [0.15, 0.2) is 217 Å².